The summed E-state index contributed by atoms with van der Waals surface area (Å²) in [6.07, 6.45) is 4.64. The molecule has 0 aliphatic rings. The largest absolute Gasteiger partial charge is 0.266 e. The van der Waals surface area contributed by atoms with Gasteiger partial charge in [-0.15, -0.1) is 5.10 Å². The molecule has 0 unspecified atom stereocenters. The first-order valence-corrected chi connectivity index (χ1v) is 9.32. The number of rotatable bonds is 5. The molecule has 1 atom stereocenters. The Morgan fingerprint density at radius 3 is 2.33 bits per heavy atom. The van der Waals surface area contributed by atoms with Crippen molar-refractivity contribution in [2.24, 2.45) is 13.0 Å². The number of aryl methyl sites for hydroxylation is 1. The summed E-state index contributed by atoms with van der Waals surface area (Å²) in [6, 6.07) is 12.7. The van der Waals surface area contributed by atoms with Crippen LogP contribution in [0.1, 0.15) is 43.6 Å². The van der Waals surface area contributed by atoms with Crippen molar-refractivity contribution in [3.05, 3.63) is 65.7 Å². The third kappa shape index (κ3) is 3.35. The second-order valence-electron chi connectivity index (χ2n) is 7.41. The van der Waals surface area contributed by atoms with Gasteiger partial charge in [-0.2, -0.15) is 14.6 Å². The van der Waals surface area contributed by atoms with E-state index < -0.39 is 0 Å². The summed E-state index contributed by atoms with van der Waals surface area (Å²) >= 11 is 0. The van der Waals surface area contributed by atoms with Gasteiger partial charge in [0.25, 0.3) is 5.78 Å². The van der Waals surface area contributed by atoms with E-state index in [1.807, 2.05) is 23.9 Å². The van der Waals surface area contributed by atoms with Gasteiger partial charge in [-0.3, -0.25) is 4.68 Å². The van der Waals surface area contributed by atoms with Gasteiger partial charge in [-0.05, 0) is 35.6 Å². The van der Waals surface area contributed by atoms with E-state index in [2.05, 4.69) is 60.1 Å². The van der Waals surface area contributed by atoms with E-state index in [4.69, 9.17) is 5.10 Å². The number of aromatic nitrogens is 6. The van der Waals surface area contributed by atoms with Crippen LogP contribution in [0.25, 0.3) is 17.2 Å². The minimum Gasteiger partial charge on any atom is -0.266 e. The Balaban J connectivity index is 1.69. The third-order valence-electron chi connectivity index (χ3n) is 4.85. The first-order valence-electron chi connectivity index (χ1n) is 9.32. The van der Waals surface area contributed by atoms with E-state index >= 15 is 0 Å². The summed E-state index contributed by atoms with van der Waals surface area (Å²) in [4.78, 5) is 9.06. The molecular formula is C21H24N6. The van der Waals surface area contributed by atoms with Gasteiger partial charge >= 0.3 is 0 Å². The van der Waals surface area contributed by atoms with Gasteiger partial charge in [0.2, 0.25) is 0 Å². The molecule has 0 spiro atoms. The molecule has 3 heterocycles. The zero-order valence-corrected chi connectivity index (χ0v) is 16.2. The van der Waals surface area contributed by atoms with E-state index in [1.165, 1.54) is 11.1 Å². The minimum absolute atomic E-state index is 0.0965. The maximum atomic E-state index is 4.76. The number of hydrogen-bond acceptors (Lipinski definition) is 4. The Kier molecular flexibility index (Phi) is 4.48. The molecular weight excluding hydrogens is 336 g/mol. The van der Waals surface area contributed by atoms with Crippen LogP contribution in [0.5, 0.6) is 0 Å². The van der Waals surface area contributed by atoms with Crippen molar-refractivity contribution in [2.75, 3.05) is 0 Å². The van der Waals surface area contributed by atoms with E-state index in [9.17, 15) is 0 Å². The van der Waals surface area contributed by atoms with Gasteiger partial charge in [0.05, 0.1) is 11.4 Å². The molecule has 0 saturated heterocycles. The molecule has 27 heavy (non-hydrogen) atoms. The molecule has 6 nitrogen and oxygen atoms in total. The van der Waals surface area contributed by atoms with Crippen LogP contribution in [0.4, 0.5) is 0 Å². The van der Waals surface area contributed by atoms with Crippen molar-refractivity contribution in [1.29, 1.82) is 0 Å². The van der Waals surface area contributed by atoms with Crippen LogP contribution in [0.15, 0.2) is 48.8 Å². The fraction of sp³-hybridized carbons (Fsp3) is 0.333. The number of nitrogens with zero attached hydrogens (tertiary/aromatic N) is 6. The Bertz CT molecular complexity index is 1060. The first kappa shape index (κ1) is 17.4. The molecule has 0 fully saturated rings. The highest BCUT2D eigenvalue weighted by Gasteiger charge is 2.17. The van der Waals surface area contributed by atoms with Crippen molar-refractivity contribution >= 4 is 5.78 Å². The zero-order chi connectivity index (χ0) is 19.0. The summed E-state index contributed by atoms with van der Waals surface area (Å²) in [6.45, 7) is 6.61. The summed E-state index contributed by atoms with van der Waals surface area (Å²) < 4.78 is 3.63. The van der Waals surface area contributed by atoms with Crippen molar-refractivity contribution in [3.8, 4) is 11.4 Å². The predicted molar refractivity (Wildman–Crippen MR) is 105 cm³/mol. The molecule has 0 saturated carbocycles. The topological polar surface area (TPSA) is 60.9 Å². The zero-order valence-electron chi connectivity index (χ0n) is 16.2. The highest BCUT2D eigenvalue weighted by atomic mass is 15.3. The second-order valence-corrected chi connectivity index (χ2v) is 7.41. The van der Waals surface area contributed by atoms with Crippen molar-refractivity contribution < 1.29 is 0 Å². The van der Waals surface area contributed by atoms with Crippen LogP contribution in [-0.4, -0.2) is 29.4 Å². The van der Waals surface area contributed by atoms with Crippen LogP contribution in [0, 0.1) is 5.92 Å². The maximum Gasteiger partial charge on any atom is 0.253 e. The molecule has 0 aliphatic carbocycles. The molecule has 6 heteroatoms. The lowest BCUT2D eigenvalue weighted by Gasteiger charge is -2.10. The fourth-order valence-corrected chi connectivity index (χ4v) is 3.37. The monoisotopic (exact) mass is 360 g/mol. The van der Waals surface area contributed by atoms with Crippen molar-refractivity contribution in [3.63, 3.8) is 0 Å². The SMILES string of the molecule is CC(C)Cc1ccc([C@H](C)c2nc3nccc(-c4ccnn4C)n3n2)cc1. The molecule has 0 radical (unpaired) electrons. The first-order chi connectivity index (χ1) is 13.0. The smallest absolute Gasteiger partial charge is 0.253 e. The molecule has 4 aromatic rings. The Labute approximate surface area is 158 Å². The van der Waals surface area contributed by atoms with E-state index in [0.29, 0.717) is 11.7 Å². The number of hydrogen-bond donors (Lipinski definition) is 0. The van der Waals surface area contributed by atoms with Crippen LogP contribution in [0.3, 0.4) is 0 Å². The minimum atomic E-state index is 0.0965. The quantitative estimate of drug-likeness (QED) is 0.542. The Morgan fingerprint density at radius 1 is 0.926 bits per heavy atom. The summed E-state index contributed by atoms with van der Waals surface area (Å²) in [5.74, 6) is 2.13. The summed E-state index contributed by atoms with van der Waals surface area (Å²) in [5, 5.41) is 9.01. The highest BCUT2D eigenvalue weighted by molar-refractivity contribution is 5.57. The highest BCUT2D eigenvalue weighted by Crippen LogP contribution is 2.24. The average molecular weight is 360 g/mol. The molecule has 138 valence electrons. The van der Waals surface area contributed by atoms with Crippen LogP contribution in [0.2, 0.25) is 0 Å². The number of benzene rings is 1. The van der Waals surface area contributed by atoms with E-state index in [-0.39, 0.29) is 5.92 Å². The summed E-state index contributed by atoms with van der Waals surface area (Å²) in [5.41, 5.74) is 4.48. The lowest BCUT2D eigenvalue weighted by Crippen LogP contribution is -2.02. The predicted octanol–water partition coefficient (Wildman–Crippen LogP) is 3.88. The van der Waals surface area contributed by atoms with Crippen LogP contribution >= 0.6 is 0 Å². The molecule has 3 aromatic heterocycles. The van der Waals surface area contributed by atoms with Gasteiger partial charge in [-0.25, -0.2) is 4.98 Å². The normalized spacial score (nSPS) is 12.8. The van der Waals surface area contributed by atoms with Gasteiger partial charge in [-0.1, -0.05) is 45.0 Å². The average Bonchev–Trinajstić information content (AvgIpc) is 3.27. The number of fused-ring (bicyclic) bond motifs is 1. The molecule has 4 rings (SSSR count). The van der Waals surface area contributed by atoms with Crippen LogP contribution in [-0.2, 0) is 13.5 Å². The van der Waals surface area contributed by atoms with Crippen molar-refractivity contribution in [2.45, 2.75) is 33.1 Å². The van der Waals surface area contributed by atoms with Crippen LogP contribution < -0.4 is 0 Å². The Hall–Kier alpha value is -3.02. The van der Waals surface area contributed by atoms with Crippen molar-refractivity contribution in [1.82, 2.24) is 29.4 Å². The second kappa shape index (κ2) is 6.95. The molecule has 1 aromatic carbocycles. The Morgan fingerprint density at radius 2 is 1.67 bits per heavy atom. The van der Waals surface area contributed by atoms with Gasteiger partial charge < -0.3 is 0 Å². The van der Waals surface area contributed by atoms with Gasteiger partial charge in [0, 0.05) is 25.4 Å². The standard InChI is InChI=1S/C21H24N6/c1-14(2)13-16-5-7-17(8-6-16)15(3)20-24-21-22-11-9-19(27(21)25-20)18-10-12-23-26(18)4/h5-12,14-15H,13H2,1-4H3/t15-/m0/s1. The molecule has 0 aliphatic heterocycles. The summed E-state index contributed by atoms with van der Waals surface area (Å²) in [7, 11) is 1.92. The maximum absolute atomic E-state index is 4.76. The molecule has 0 bridgehead atoms. The van der Waals surface area contributed by atoms with E-state index in [0.717, 1.165) is 23.6 Å². The molecule has 0 amide bonds. The van der Waals surface area contributed by atoms with E-state index in [1.54, 1.807) is 16.9 Å². The lowest BCUT2D eigenvalue weighted by molar-refractivity contribution is 0.647. The third-order valence-corrected chi connectivity index (χ3v) is 4.85. The molecule has 0 N–H and O–H groups in total. The van der Waals surface area contributed by atoms with Gasteiger partial charge in [0.15, 0.2) is 5.82 Å². The van der Waals surface area contributed by atoms with Gasteiger partial charge in [0.1, 0.15) is 0 Å². The fourth-order valence-electron chi connectivity index (χ4n) is 3.37. The lowest BCUT2D eigenvalue weighted by atomic mass is 9.96.